The zero-order valence-corrected chi connectivity index (χ0v) is 14.0. The molecule has 0 aromatic heterocycles. The molecule has 1 aromatic rings. The number of rotatable bonds is 4. The smallest absolute Gasteiger partial charge is 0.345 e. The van der Waals surface area contributed by atoms with Crippen molar-refractivity contribution in [3.63, 3.8) is 0 Å². The molecule has 1 N–H and O–H groups in total. The molecule has 0 unspecified atom stereocenters. The van der Waals surface area contributed by atoms with Gasteiger partial charge in [-0.25, -0.2) is 0 Å². The lowest BCUT2D eigenvalue weighted by atomic mass is 10.2. The van der Waals surface area contributed by atoms with E-state index in [4.69, 9.17) is 0 Å². The molecule has 116 valence electrons. The number of hydrogen-bond acceptors (Lipinski definition) is 2. The van der Waals surface area contributed by atoms with Crippen molar-refractivity contribution < 1.29 is 22.8 Å². The standard InChI is InChI=1S/C12H11Br2F3N2O2/c1-19(5-10(20)18-6-12(15,16)17)11(21)8-3-2-7(13)4-9(8)14/h2-4H,5-6H2,1H3,(H,18,20). The topological polar surface area (TPSA) is 49.4 Å². The molecule has 0 aliphatic rings. The predicted octanol–water partition coefficient (Wildman–Crippen LogP) is 2.96. The number of likely N-dealkylation sites (N-methyl/N-ethyl adjacent to an activating group) is 1. The number of halogens is 5. The first-order chi connectivity index (χ1) is 9.60. The van der Waals surface area contributed by atoms with E-state index in [1.165, 1.54) is 7.05 Å². The first kappa shape index (κ1) is 18.0. The number of amides is 2. The highest BCUT2D eigenvalue weighted by atomic mass is 79.9. The molecule has 0 atom stereocenters. The third-order valence-electron chi connectivity index (χ3n) is 2.38. The molecule has 2 amide bonds. The van der Waals surface area contributed by atoms with Crippen molar-refractivity contribution in [2.24, 2.45) is 0 Å². The number of carbonyl (C=O) groups is 2. The molecule has 0 radical (unpaired) electrons. The minimum atomic E-state index is -4.48. The summed E-state index contributed by atoms with van der Waals surface area (Å²) < 4.78 is 37.2. The van der Waals surface area contributed by atoms with Gasteiger partial charge in [0.15, 0.2) is 0 Å². The van der Waals surface area contributed by atoms with Crippen LogP contribution >= 0.6 is 31.9 Å². The van der Waals surface area contributed by atoms with Crippen LogP contribution < -0.4 is 5.32 Å². The second kappa shape index (κ2) is 7.26. The van der Waals surface area contributed by atoms with E-state index < -0.39 is 31.1 Å². The van der Waals surface area contributed by atoms with Gasteiger partial charge in [0.25, 0.3) is 5.91 Å². The quantitative estimate of drug-likeness (QED) is 0.796. The van der Waals surface area contributed by atoms with Gasteiger partial charge in [0, 0.05) is 16.0 Å². The fourth-order valence-electron chi connectivity index (χ4n) is 1.41. The van der Waals surface area contributed by atoms with Crippen molar-refractivity contribution in [3.8, 4) is 0 Å². The molecule has 0 spiro atoms. The van der Waals surface area contributed by atoms with Crippen LogP contribution in [0.5, 0.6) is 0 Å². The Hall–Kier alpha value is -1.09. The van der Waals surface area contributed by atoms with E-state index in [1.807, 2.05) is 0 Å². The Kier molecular flexibility index (Phi) is 6.21. The van der Waals surface area contributed by atoms with Crippen LogP contribution in [0.15, 0.2) is 27.1 Å². The van der Waals surface area contributed by atoms with Gasteiger partial charge in [-0.3, -0.25) is 9.59 Å². The van der Waals surface area contributed by atoms with Crippen LogP contribution in [0, 0.1) is 0 Å². The van der Waals surface area contributed by atoms with Crippen LogP contribution in [0.25, 0.3) is 0 Å². The highest BCUT2D eigenvalue weighted by Crippen LogP contribution is 2.22. The van der Waals surface area contributed by atoms with Crippen LogP contribution in [0.2, 0.25) is 0 Å². The molecule has 0 aliphatic carbocycles. The molecule has 9 heteroatoms. The van der Waals surface area contributed by atoms with Crippen molar-refractivity contribution in [2.45, 2.75) is 6.18 Å². The molecule has 0 saturated heterocycles. The lowest BCUT2D eigenvalue weighted by molar-refractivity contribution is -0.138. The van der Waals surface area contributed by atoms with E-state index in [9.17, 15) is 22.8 Å². The van der Waals surface area contributed by atoms with Gasteiger partial charge in [-0.05, 0) is 34.1 Å². The van der Waals surface area contributed by atoms with Gasteiger partial charge in [0.1, 0.15) is 6.54 Å². The minimum absolute atomic E-state index is 0.310. The average molecular weight is 432 g/mol. The maximum Gasteiger partial charge on any atom is 0.405 e. The van der Waals surface area contributed by atoms with E-state index >= 15 is 0 Å². The monoisotopic (exact) mass is 430 g/mol. The predicted molar refractivity (Wildman–Crippen MR) is 77.9 cm³/mol. The Balaban J connectivity index is 2.64. The first-order valence-electron chi connectivity index (χ1n) is 5.64. The van der Waals surface area contributed by atoms with Crippen molar-refractivity contribution in [2.75, 3.05) is 20.1 Å². The molecule has 0 bridgehead atoms. The second-order valence-electron chi connectivity index (χ2n) is 4.18. The van der Waals surface area contributed by atoms with Gasteiger partial charge in [-0.2, -0.15) is 13.2 Å². The van der Waals surface area contributed by atoms with Gasteiger partial charge >= 0.3 is 6.18 Å². The number of alkyl halides is 3. The number of benzene rings is 1. The summed E-state index contributed by atoms with van der Waals surface area (Å²) in [7, 11) is 1.34. The average Bonchev–Trinajstić information content (AvgIpc) is 2.34. The summed E-state index contributed by atoms with van der Waals surface area (Å²) in [6.07, 6.45) is -4.48. The molecular weight excluding hydrogens is 421 g/mol. The molecule has 0 heterocycles. The van der Waals surface area contributed by atoms with Crippen LogP contribution in [0.3, 0.4) is 0 Å². The summed E-state index contributed by atoms with van der Waals surface area (Å²) in [5, 5.41) is 1.71. The summed E-state index contributed by atoms with van der Waals surface area (Å²) >= 11 is 6.45. The first-order valence-corrected chi connectivity index (χ1v) is 7.22. The maximum atomic E-state index is 12.1. The lowest BCUT2D eigenvalue weighted by Gasteiger charge is -2.18. The van der Waals surface area contributed by atoms with Crippen molar-refractivity contribution >= 4 is 43.7 Å². The van der Waals surface area contributed by atoms with E-state index in [-0.39, 0.29) is 0 Å². The largest absolute Gasteiger partial charge is 0.405 e. The number of hydrogen-bond donors (Lipinski definition) is 1. The fourth-order valence-corrected chi connectivity index (χ4v) is 2.63. The number of carbonyl (C=O) groups excluding carboxylic acids is 2. The molecule has 0 aliphatic heterocycles. The van der Waals surface area contributed by atoms with Crippen molar-refractivity contribution in [3.05, 3.63) is 32.7 Å². The Morgan fingerprint density at radius 1 is 1.29 bits per heavy atom. The van der Waals surface area contributed by atoms with E-state index in [0.717, 1.165) is 9.37 Å². The maximum absolute atomic E-state index is 12.1. The number of nitrogens with zero attached hydrogens (tertiary/aromatic N) is 1. The zero-order valence-electron chi connectivity index (χ0n) is 10.8. The SMILES string of the molecule is CN(CC(=O)NCC(F)(F)F)C(=O)c1ccc(Br)cc1Br. The lowest BCUT2D eigenvalue weighted by Crippen LogP contribution is -2.41. The zero-order chi connectivity index (χ0) is 16.2. The third-order valence-corrected chi connectivity index (χ3v) is 3.52. The molecule has 0 fully saturated rings. The molecule has 1 aromatic carbocycles. The van der Waals surface area contributed by atoms with Gasteiger partial charge in [-0.1, -0.05) is 15.9 Å². The summed E-state index contributed by atoms with van der Waals surface area (Å²) in [5.74, 6) is -1.35. The Morgan fingerprint density at radius 3 is 2.43 bits per heavy atom. The van der Waals surface area contributed by atoms with Crippen LogP contribution in [-0.4, -0.2) is 43.0 Å². The van der Waals surface area contributed by atoms with E-state index in [0.29, 0.717) is 10.0 Å². The van der Waals surface area contributed by atoms with Crippen molar-refractivity contribution in [1.82, 2.24) is 10.2 Å². The van der Waals surface area contributed by atoms with Crippen LogP contribution in [0.4, 0.5) is 13.2 Å². The van der Waals surface area contributed by atoms with E-state index in [1.54, 1.807) is 23.5 Å². The molecule has 21 heavy (non-hydrogen) atoms. The molecule has 1 rings (SSSR count). The van der Waals surface area contributed by atoms with Gasteiger partial charge in [0.05, 0.1) is 12.1 Å². The summed E-state index contributed by atoms with van der Waals surface area (Å²) in [5.41, 5.74) is 0.310. The fraction of sp³-hybridized carbons (Fsp3) is 0.333. The molecule has 4 nitrogen and oxygen atoms in total. The highest BCUT2D eigenvalue weighted by Gasteiger charge is 2.28. The Labute approximate surface area is 135 Å². The summed E-state index contributed by atoms with van der Waals surface area (Å²) in [6.45, 7) is -1.88. The van der Waals surface area contributed by atoms with E-state index in [2.05, 4.69) is 31.9 Å². The van der Waals surface area contributed by atoms with Crippen LogP contribution in [-0.2, 0) is 4.79 Å². The summed E-state index contributed by atoms with van der Waals surface area (Å²) in [4.78, 5) is 24.5. The van der Waals surface area contributed by atoms with Gasteiger partial charge in [-0.15, -0.1) is 0 Å². The molecule has 0 saturated carbocycles. The Morgan fingerprint density at radius 2 is 1.90 bits per heavy atom. The van der Waals surface area contributed by atoms with Crippen molar-refractivity contribution in [1.29, 1.82) is 0 Å². The van der Waals surface area contributed by atoms with Gasteiger partial charge < -0.3 is 10.2 Å². The molecular formula is C12H11Br2F3N2O2. The Bertz CT molecular complexity index is 550. The number of nitrogens with one attached hydrogen (secondary N) is 1. The highest BCUT2D eigenvalue weighted by molar-refractivity contribution is 9.11. The minimum Gasteiger partial charge on any atom is -0.345 e. The van der Waals surface area contributed by atoms with Gasteiger partial charge in [0.2, 0.25) is 5.91 Å². The summed E-state index contributed by atoms with van der Waals surface area (Å²) in [6, 6.07) is 4.85. The van der Waals surface area contributed by atoms with Crippen LogP contribution in [0.1, 0.15) is 10.4 Å². The normalized spacial score (nSPS) is 11.1. The second-order valence-corrected chi connectivity index (χ2v) is 5.95. The third kappa shape index (κ3) is 6.04.